The molecule has 1 aliphatic heterocycles. The summed E-state index contributed by atoms with van der Waals surface area (Å²) in [5.74, 6) is 0.165. The number of rotatable bonds is 2. The van der Waals surface area contributed by atoms with Gasteiger partial charge in [0.2, 0.25) is 0 Å². The summed E-state index contributed by atoms with van der Waals surface area (Å²) in [5, 5.41) is 10.6. The third kappa shape index (κ3) is 2.73. The molecule has 1 amide bonds. The summed E-state index contributed by atoms with van der Waals surface area (Å²) < 4.78 is 18.3. The Morgan fingerprint density at radius 3 is 2.68 bits per heavy atom. The second kappa shape index (κ2) is 5.64. The summed E-state index contributed by atoms with van der Waals surface area (Å²) in [6.07, 6.45) is -0.619. The van der Waals surface area contributed by atoms with E-state index in [2.05, 4.69) is 0 Å². The van der Waals surface area contributed by atoms with Crippen molar-refractivity contribution in [2.45, 2.75) is 4.90 Å². The number of amides is 1. The van der Waals surface area contributed by atoms with E-state index in [9.17, 15) is 19.3 Å². The molecule has 0 bridgehead atoms. The lowest BCUT2D eigenvalue weighted by Gasteiger charge is -2.15. The van der Waals surface area contributed by atoms with E-state index in [1.165, 1.54) is 59.1 Å². The predicted molar refractivity (Wildman–Crippen MR) is 78.7 cm³/mol. The molecule has 0 N–H and O–H groups in total. The number of halogens is 1. The van der Waals surface area contributed by atoms with Crippen molar-refractivity contribution in [3.05, 3.63) is 58.4 Å². The first-order valence-electron chi connectivity index (χ1n) is 6.21. The Morgan fingerprint density at radius 2 is 2.00 bits per heavy atom. The fourth-order valence-corrected chi connectivity index (χ4v) is 3.01. The minimum atomic E-state index is -0.619. The number of nitro benzene ring substituents is 1. The third-order valence-electron chi connectivity index (χ3n) is 3.03. The number of non-ortho nitro benzene ring substituents is 1. The van der Waals surface area contributed by atoms with Gasteiger partial charge in [0.05, 0.1) is 16.5 Å². The van der Waals surface area contributed by atoms with Gasteiger partial charge in [-0.25, -0.2) is 9.18 Å². The molecular weight excluding hydrogens is 311 g/mol. The Kier molecular flexibility index (Phi) is 3.68. The highest BCUT2D eigenvalue weighted by Gasteiger charge is 2.27. The van der Waals surface area contributed by atoms with Crippen LogP contribution >= 0.6 is 11.8 Å². The van der Waals surface area contributed by atoms with Crippen LogP contribution in [0, 0.1) is 15.9 Å². The smallest absolute Gasteiger partial charge is 0.410 e. The van der Waals surface area contributed by atoms with Gasteiger partial charge in [0.25, 0.3) is 5.69 Å². The van der Waals surface area contributed by atoms with Gasteiger partial charge in [-0.15, -0.1) is 11.8 Å². The van der Waals surface area contributed by atoms with Gasteiger partial charge >= 0.3 is 6.09 Å². The van der Waals surface area contributed by atoms with Crippen LogP contribution in [0.1, 0.15) is 0 Å². The van der Waals surface area contributed by atoms with E-state index in [-0.39, 0.29) is 17.3 Å². The van der Waals surface area contributed by atoms with Crippen LogP contribution in [0.3, 0.4) is 0 Å². The summed E-state index contributed by atoms with van der Waals surface area (Å²) >= 11 is 1.33. The highest BCUT2D eigenvalue weighted by molar-refractivity contribution is 8.00. The van der Waals surface area contributed by atoms with E-state index in [1.807, 2.05) is 0 Å². The average molecular weight is 320 g/mol. The Balaban J connectivity index is 1.75. The topological polar surface area (TPSA) is 72.7 Å². The molecule has 0 fully saturated rings. The highest BCUT2D eigenvalue weighted by atomic mass is 32.2. The molecule has 6 nitrogen and oxygen atoms in total. The van der Waals surface area contributed by atoms with E-state index >= 15 is 0 Å². The summed E-state index contributed by atoms with van der Waals surface area (Å²) in [5.41, 5.74) is 0.496. The van der Waals surface area contributed by atoms with Crippen molar-refractivity contribution in [1.82, 2.24) is 0 Å². The molecule has 0 aliphatic carbocycles. The summed E-state index contributed by atoms with van der Waals surface area (Å²) in [6.45, 7) is 0. The van der Waals surface area contributed by atoms with Crippen LogP contribution in [-0.4, -0.2) is 16.9 Å². The molecule has 2 aromatic carbocycles. The van der Waals surface area contributed by atoms with Crippen LogP contribution in [0.5, 0.6) is 5.75 Å². The van der Waals surface area contributed by atoms with Crippen LogP contribution < -0.4 is 9.64 Å². The number of carbonyl (C=O) groups is 1. The molecule has 1 heterocycles. The van der Waals surface area contributed by atoms with Crippen molar-refractivity contribution >= 4 is 29.2 Å². The second-order valence-electron chi connectivity index (χ2n) is 4.43. The van der Waals surface area contributed by atoms with E-state index in [0.29, 0.717) is 16.5 Å². The van der Waals surface area contributed by atoms with Crippen molar-refractivity contribution < 1.29 is 18.8 Å². The van der Waals surface area contributed by atoms with Crippen LogP contribution in [0.4, 0.5) is 20.6 Å². The summed E-state index contributed by atoms with van der Waals surface area (Å²) in [7, 11) is 0. The van der Waals surface area contributed by atoms with Crippen molar-refractivity contribution in [2.24, 2.45) is 0 Å². The molecule has 0 saturated heterocycles. The first kappa shape index (κ1) is 14.3. The van der Waals surface area contributed by atoms with Gasteiger partial charge in [0, 0.05) is 17.0 Å². The first-order valence-corrected chi connectivity index (χ1v) is 7.19. The largest absolute Gasteiger partial charge is 0.420 e. The molecule has 0 saturated carbocycles. The Morgan fingerprint density at radius 1 is 1.27 bits per heavy atom. The van der Waals surface area contributed by atoms with Gasteiger partial charge in [0.15, 0.2) is 0 Å². The lowest BCUT2D eigenvalue weighted by molar-refractivity contribution is -0.384. The van der Waals surface area contributed by atoms with E-state index in [1.54, 1.807) is 0 Å². The molecule has 1 aliphatic rings. The van der Waals surface area contributed by atoms with Crippen LogP contribution in [0.15, 0.2) is 47.4 Å². The van der Waals surface area contributed by atoms with Gasteiger partial charge in [0.1, 0.15) is 11.6 Å². The van der Waals surface area contributed by atoms with Crippen molar-refractivity contribution in [3.8, 4) is 5.75 Å². The zero-order chi connectivity index (χ0) is 15.7. The van der Waals surface area contributed by atoms with Crippen LogP contribution in [0.25, 0.3) is 0 Å². The zero-order valence-corrected chi connectivity index (χ0v) is 11.9. The zero-order valence-electron chi connectivity index (χ0n) is 11.1. The van der Waals surface area contributed by atoms with E-state index in [4.69, 9.17) is 4.74 Å². The van der Waals surface area contributed by atoms with Crippen LogP contribution in [0.2, 0.25) is 0 Å². The molecule has 0 radical (unpaired) electrons. The number of nitrogens with zero attached hydrogens (tertiary/aromatic N) is 2. The van der Waals surface area contributed by atoms with E-state index in [0.717, 1.165) is 0 Å². The number of ether oxygens (including phenoxy) is 1. The minimum absolute atomic E-state index is 0.0858. The maximum Gasteiger partial charge on any atom is 0.420 e. The van der Waals surface area contributed by atoms with Crippen LogP contribution in [-0.2, 0) is 0 Å². The fourth-order valence-electron chi connectivity index (χ4n) is 1.97. The lowest BCUT2D eigenvalue weighted by Crippen LogP contribution is -2.30. The number of carbonyl (C=O) groups excluding carboxylic acids is 1. The van der Waals surface area contributed by atoms with Gasteiger partial charge in [-0.1, -0.05) is 0 Å². The molecule has 0 unspecified atom stereocenters. The molecule has 0 atom stereocenters. The van der Waals surface area contributed by atoms with Crippen molar-refractivity contribution in [2.75, 3.05) is 10.8 Å². The highest BCUT2D eigenvalue weighted by Crippen LogP contribution is 2.39. The fraction of sp³-hybridized carbons (Fsp3) is 0.0714. The maximum absolute atomic E-state index is 13.1. The number of thioether (sulfide) groups is 1. The Labute approximate surface area is 128 Å². The third-order valence-corrected chi connectivity index (χ3v) is 4.06. The van der Waals surface area contributed by atoms with Gasteiger partial charge < -0.3 is 4.74 Å². The monoisotopic (exact) mass is 320 g/mol. The van der Waals surface area contributed by atoms with Crippen molar-refractivity contribution in [1.29, 1.82) is 0 Å². The molecule has 112 valence electrons. The summed E-state index contributed by atoms with van der Waals surface area (Å²) in [6, 6.07) is 9.36. The molecule has 22 heavy (non-hydrogen) atoms. The second-order valence-corrected chi connectivity index (χ2v) is 5.42. The van der Waals surface area contributed by atoms with Gasteiger partial charge in [-0.2, -0.15) is 0 Å². The molecule has 0 aromatic heterocycles. The van der Waals surface area contributed by atoms with E-state index < -0.39 is 11.0 Å². The molecule has 3 rings (SSSR count). The number of anilines is 1. The molecule has 0 spiro atoms. The minimum Gasteiger partial charge on any atom is -0.410 e. The number of fused-ring (bicyclic) bond motifs is 1. The van der Waals surface area contributed by atoms with Gasteiger partial charge in [-0.3, -0.25) is 15.0 Å². The Bertz CT molecular complexity index is 751. The average Bonchev–Trinajstić information content (AvgIpc) is 2.90. The first-order chi connectivity index (χ1) is 10.5. The normalized spacial score (nSPS) is 12.9. The predicted octanol–water partition coefficient (Wildman–Crippen LogP) is 3.80. The maximum atomic E-state index is 13.1. The SMILES string of the molecule is O=C(Oc1ccc([N+](=O)[O-])cc1)N1CSc2cc(F)ccc21. The number of hydrogen-bond donors (Lipinski definition) is 0. The molecule has 8 heteroatoms. The number of benzene rings is 2. The standard InChI is InChI=1S/C14H9FN2O4S/c15-9-1-6-12-13(7-9)22-8-16(12)14(18)21-11-4-2-10(3-5-11)17(19)20/h1-7H,8H2. The number of nitro groups is 1. The summed E-state index contributed by atoms with van der Waals surface area (Å²) in [4.78, 5) is 24.2. The number of hydrogen-bond acceptors (Lipinski definition) is 5. The van der Waals surface area contributed by atoms with Gasteiger partial charge in [-0.05, 0) is 30.3 Å². The van der Waals surface area contributed by atoms with Crippen molar-refractivity contribution in [3.63, 3.8) is 0 Å². The quantitative estimate of drug-likeness (QED) is 0.621. The molecule has 2 aromatic rings. The molecular formula is C14H9FN2O4S. The lowest BCUT2D eigenvalue weighted by atomic mass is 10.3. The Hall–Kier alpha value is -2.61.